The van der Waals surface area contributed by atoms with Crippen LogP contribution in [0.4, 0.5) is 0 Å². The number of ether oxygens (including phenoxy) is 1. The summed E-state index contributed by atoms with van der Waals surface area (Å²) in [4.78, 5) is -0.0914. The van der Waals surface area contributed by atoms with Crippen molar-refractivity contribution >= 4 is 20.9 Å². The van der Waals surface area contributed by atoms with E-state index in [1.807, 2.05) is 18.2 Å². The molecular weight excluding hydrogens is 419 g/mol. The van der Waals surface area contributed by atoms with Gasteiger partial charge in [-0.05, 0) is 42.0 Å². The van der Waals surface area contributed by atoms with Crippen molar-refractivity contribution in [2.45, 2.75) is 95.3 Å². The second kappa shape index (κ2) is 15.3. The fraction of sp³-hybridized carbons (Fsp3) is 0.600. The molecule has 0 aliphatic heterocycles. The Hall–Kier alpha value is -0.590. The van der Waals surface area contributed by atoms with Gasteiger partial charge in [0.1, 0.15) is 15.9 Å². The molecule has 168 valence electrons. The zero-order valence-electron chi connectivity index (χ0n) is 19.6. The summed E-state index contributed by atoms with van der Waals surface area (Å²) in [6.07, 6.45) is 15.6. The summed E-state index contributed by atoms with van der Waals surface area (Å²) in [5.74, 6) is 0.693. The molecule has 6 heteroatoms. The minimum absolute atomic E-state index is 0. The van der Waals surface area contributed by atoms with Crippen molar-refractivity contribution in [3.63, 3.8) is 0 Å². The van der Waals surface area contributed by atoms with Crippen LogP contribution in [0.2, 0.25) is 0 Å². The van der Waals surface area contributed by atoms with Gasteiger partial charge in [0.05, 0.1) is 12.0 Å². The average Bonchev–Trinajstić information content (AvgIpc) is 2.73. The second-order valence-electron chi connectivity index (χ2n) is 8.19. The molecular formula is C25H37NaO4S. The maximum atomic E-state index is 11.8. The minimum atomic E-state index is -4.50. The van der Waals surface area contributed by atoms with E-state index in [0.717, 1.165) is 30.0 Å². The fourth-order valence-corrected chi connectivity index (χ4v) is 4.93. The van der Waals surface area contributed by atoms with E-state index in [9.17, 15) is 13.0 Å². The Morgan fingerprint density at radius 1 is 0.774 bits per heavy atom. The van der Waals surface area contributed by atoms with Gasteiger partial charge in [-0.15, -0.1) is 0 Å². The Balaban J connectivity index is 0.00000480. The molecule has 0 unspecified atom stereocenters. The predicted molar refractivity (Wildman–Crippen MR) is 123 cm³/mol. The van der Waals surface area contributed by atoms with Crippen molar-refractivity contribution in [1.82, 2.24) is 0 Å². The molecule has 0 heterocycles. The molecule has 0 saturated heterocycles. The van der Waals surface area contributed by atoms with Crippen LogP contribution in [0, 0.1) is 0 Å². The van der Waals surface area contributed by atoms with E-state index in [-0.39, 0.29) is 34.5 Å². The normalized spacial score (nSPS) is 11.5. The molecule has 0 bridgehead atoms. The maximum Gasteiger partial charge on any atom is 1.00 e. The molecule has 0 atom stereocenters. The fourth-order valence-electron chi connectivity index (χ4n) is 4.18. The molecule has 0 fully saturated rings. The van der Waals surface area contributed by atoms with Crippen LogP contribution in [-0.4, -0.2) is 20.1 Å². The van der Waals surface area contributed by atoms with Crippen molar-refractivity contribution in [3.8, 4) is 5.75 Å². The van der Waals surface area contributed by atoms with E-state index >= 15 is 0 Å². The molecule has 4 nitrogen and oxygen atoms in total. The number of fused-ring (bicyclic) bond motifs is 1. The van der Waals surface area contributed by atoms with Crippen LogP contribution in [-0.2, 0) is 16.5 Å². The SMILES string of the molecule is CCCCCCCCCCCCCCc1c(S(=O)(=O)[O-])ccc2c(OC)cccc12.[Na+]. The molecule has 0 aliphatic rings. The molecule has 0 spiro atoms. The number of hydrogen-bond donors (Lipinski definition) is 0. The molecule has 0 amide bonds. The number of aryl methyl sites for hydroxylation is 1. The molecule has 0 aliphatic carbocycles. The largest absolute Gasteiger partial charge is 1.00 e. The molecule has 0 aromatic heterocycles. The summed E-state index contributed by atoms with van der Waals surface area (Å²) in [5, 5.41) is 1.65. The van der Waals surface area contributed by atoms with Gasteiger partial charge in [-0.1, -0.05) is 89.7 Å². The number of methoxy groups -OCH3 is 1. The second-order valence-corrected chi connectivity index (χ2v) is 9.54. The molecule has 0 N–H and O–H groups in total. The smallest absolute Gasteiger partial charge is 0.744 e. The standard InChI is InChI=1S/C25H38O4S.Na/c1-3-4-5-6-7-8-9-10-11-12-13-14-16-23-21-17-15-18-24(29-2)22(21)19-20-25(23)30(26,27)28;/h15,17-20H,3-14,16H2,1-2H3,(H,26,27,28);/q;+1/p-1. The summed E-state index contributed by atoms with van der Waals surface area (Å²) in [5.41, 5.74) is 0.633. The van der Waals surface area contributed by atoms with Crippen LogP contribution < -0.4 is 34.3 Å². The third-order valence-corrected chi connectivity index (χ3v) is 6.78. The van der Waals surface area contributed by atoms with Crippen LogP contribution in [0.15, 0.2) is 35.2 Å². The van der Waals surface area contributed by atoms with Gasteiger partial charge in [0.15, 0.2) is 0 Å². The van der Waals surface area contributed by atoms with Crippen LogP contribution in [0.25, 0.3) is 10.8 Å². The van der Waals surface area contributed by atoms with Gasteiger partial charge in [0.25, 0.3) is 0 Å². The molecule has 2 aromatic carbocycles. The molecule has 2 rings (SSSR count). The first kappa shape index (κ1) is 28.4. The maximum absolute atomic E-state index is 11.8. The average molecular weight is 457 g/mol. The predicted octanol–water partition coefficient (Wildman–Crippen LogP) is 4.00. The van der Waals surface area contributed by atoms with Crippen molar-refractivity contribution in [2.24, 2.45) is 0 Å². The Morgan fingerprint density at radius 3 is 1.84 bits per heavy atom. The summed E-state index contributed by atoms with van der Waals surface area (Å²) in [7, 11) is -2.91. The Bertz CT molecular complexity index is 880. The molecule has 31 heavy (non-hydrogen) atoms. The van der Waals surface area contributed by atoms with Crippen molar-refractivity contribution in [1.29, 1.82) is 0 Å². The summed E-state index contributed by atoms with van der Waals surface area (Å²) in [6.45, 7) is 2.25. The summed E-state index contributed by atoms with van der Waals surface area (Å²) >= 11 is 0. The van der Waals surface area contributed by atoms with Crippen LogP contribution in [0.3, 0.4) is 0 Å². The van der Waals surface area contributed by atoms with Crippen molar-refractivity contribution in [3.05, 3.63) is 35.9 Å². The Morgan fingerprint density at radius 2 is 1.32 bits per heavy atom. The van der Waals surface area contributed by atoms with Gasteiger partial charge in [-0.2, -0.15) is 0 Å². The van der Waals surface area contributed by atoms with Crippen LogP contribution >= 0.6 is 0 Å². The third-order valence-electron chi connectivity index (χ3n) is 5.86. The van der Waals surface area contributed by atoms with E-state index in [0.29, 0.717) is 17.7 Å². The van der Waals surface area contributed by atoms with Gasteiger partial charge < -0.3 is 9.29 Å². The number of benzene rings is 2. The minimum Gasteiger partial charge on any atom is -0.744 e. The first-order chi connectivity index (χ1) is 14.5. The molecule has 2 aromatic rings. The van der Waals surface area contributed by atoms with Crippen molar-refractivity contribution in [2.75, 3.05) is 7.11 Å². The quantitative estimate of drug-likeness (QED) is 0.231. The zero-order valence-corrected chi connectivity index (χ0v) is 22.4. The number of rotatable bonds is 15. The number of hydrogen-bond acceptors (Lipinski definition) is 4. The van der Waals surface area contributed by atoms with Crippen LogP contribution in [0.1, 0.15) is 89.5 Å². The molecule has 0 saturated carbocycles. The third kappa shape index (κ3) is 9.43. The number of unbranched alkanes of at least 4 members (excludes halogenated alkanes) is 11. The monoisotopic (exact) mass is 456 g/mol. The summed E-state index contributed by atoms with van der Waals surface area (Å²) < 4.78 is 40.7. The van der Waals surface area contributed by atoms with E-state index in [4.69, 9.17) is 4.74 Å². The molecule has 0 radical (unpaired) electrons. The van der Waals surface area contributed by atoms with E-state index in [1.54, 1.807) is 13.2 Å². The summed E-state index contributed by atoms with van der Waals surface area (Å²) in [6, 6.07) is 8.67. The first-order valence-corrected chi connectivity index (χ1v) is 12.9. The van der Waals surface area contributed by atoms with Gasteiger partial charge in [-0.3, -0.25) is 0 Å². The first-order valence-electron chi connectivity index (χ1n) is 11.5. The van der Waals surface area contributed by atoms with E-state index in [1.165, 1.54) is 63.9 Å². The van der Waals surface area contributed by atoms with Gasteiger partial charge in [-0.25, -0.2) is 8.42 Å². The van der Waals surface area contributed by atoms with Gasteiger partial charge >= 0.3 is 29.6 Å². The Labute approximate surface area is 211 Å². The van der Waals surface area contributed by atoms with Gasteiger partial charge in [0, 0.05) is 5.39 Å². The van der Waals surface area contributed by atoms with E-state index < -0.39 is 10.1 Å². The van der Waals surface area contributed by atoms with Crippen LogP contribution in [0.5, 0.6) is 5.75 Å². The van der Waals surface area contributed by atoms with Crippen molar-refractivity contribution < 1.29 is 47.3 Å². The van der Waals surface area contributed by atoms with Gasteiger partial charge in [0.2, 0.25) is 0 Å². The van der Waals surface area contributed by atoms with E-state index in [2.05, 4.69) is 6.92 Å². The topological polar surface area (TPSA) is 66.4 Å². The Kier molecular flexibility index (Phi) is 14.0. The zero-order chi connectivity index (χ0) is 21.8.